The first-order valence-electron chi connectivity index (χ1n) is 5.66. The summed E-state index contributed by atoms with van der Waals surface area (Å²) in [5, 5.41) is 9.52. The number of sulfone groups is 1. The van der Waals surface area contributed by atoms with Crippen molar-refractivity contribution in [2.24, 2.45) is 0 Å². The van der Waals surface area contributed by atoms with Gasteiger partial charge in [0.15, 0.2) is 9.84 Å². The number of rotatable bonds is 5. The standard InChI is InChI=1S/C13H20O3S/c1-11-4-6-12(7-5-11)10-17(15,16)9-8-13(2,3)14/h4-7,14H,8-10H2,1-3H3. The summed E-state index contributed by atoms with van der Waals surface area (Å²) in [4.78, 5) is 0. The largest absolute Gasteiger partial charge is 0.390 e. The minimum absolute atomic E-state index is 0.0182. The van der Waals surface area contributed by atoms with Crippen LogP contribution >= 0.6 is 0 Å². The monoisotopic (exact) mass is 256 g/mol. The van der Waals surface area contributed by atoms with Crippen molar-refractivity contribution < 1.29 is 13.5 Å². The maximum absolute atomic E-state index is 11.8. The van der Waals surface area contributed by atoms with Crippen molar-refractivity contribution in [2.75, 3.05) is 5.75 Å². The average Bonchev–Trinajstić information content (AvgIpc) is 2.18. The Bertz CT molecular complexity index is 452. The third kappa shape index (κ3) is 5.84. The van der Waals surface area contributed by atoms with Crippen LogP contribution in [0.1, 0.15) is 31.4 Å². The number of benzene rings is 1. The summed E-state index contributed by atoms with van der Waals surface area (Å²) in [6.07, 6.45) is 0.265. The molecule has 0 aliphatic heterocycles. The van der Waals surface area contributed by atoms with E-state index in [0.29, 0.717) is 0 Å². The predicted molar refractivity (Wildman–Crippen MR) is 69.6 cm³/mol. The third-order valence-electron chi connectivity index (χ3n) is 2.53. The van der Waals surface area contributed by atoms with Gasteiger partial charge in [-0.05, 0) is 32.8 Å². The van der Waals surface area contributed by atoms with Crippen LogP contribution in [0, 0.1) is 6.92 Å². The Morgan fingerprint density at radius 1 is 1.18 bits per heavy atom. The van der Waals surface area contributed by atoms with Crippen LogP contribution in [-0.2, 0) is 15.6 Å². The van der Waals surface area contributed by atoms with Crippen molar-refractivity contribution in [2.45, 2.75) is 38.5 Å². The summed E-state index contributed by atoms with van der Waals surface area (Å²) in [7, 11) is -3.14. The molecule has 0 atom stereocenters. The summed E-state index contributed by atoms with van der Waals surface area (Å²) in [6.45, 7) is 5.20. The fraction of sp³-hybridized carbons (Fsp3) is 0.538. The van der Waals surface area contributed by atoms with Gasteiger partial charge in [0.05, 0.1) is 17.1 Å². The van der Waals surface area contributed by atoms with Crippen molar-refractivity contribution in [3.63, 3.8) is 0 Å². The van der Waals surface area contributed by atoms with E-state index in [2.05, 4.69) is 0 Å². The molecule has 0 bridgehead atoms. The Kier molecular flexibility index (Phi) is 4.33. The van der Waals surface area contributed by atoms with E-state index in [9.17, 15) is 13.5 Å². The molecule has 0 saturated heterocycles. The molecule has 0 fully saturated rings. The van der Waals surface area contributed by atoms with Gasteiger partial charge in [0.25, 0.3) is 0 Å². The van der Waals surface area contributed by atoms with Gasteiger partial charge >= 0.3 is 0 Å². The van der Waals surface area contributed by atoms with Crippen LogP contribution < -0.4 is 0 Å². The first-order valence-corrected chi connectivity index (χ1v) is 7.48. The Morgan fingerprint density at radius 3 is 2.18 bits per heavy atom. The van der Waals surface area contributed by atoms with E-state index in [4.69, 9.17) is 0 Å². The van der Waals surface area contributed by atoms with Crippen LogP contribution in [0.2, 0.25) is 0 Å². The smallest absolute Gasteiger partial charge is 0.154 e. The lowest BCUT2D eigenvalue weighted by Crippen LogP contribution is -2.23. The molecule has 1 aromatic carbocycles. The lowest BCUT2D eigenvalue weighted by Gasteiger charge is -2.16. The molecule has 1 N–H and O–H groups in total. The molecule has 1 rings (SSSR count). The molecule has 0 unspecified atom stereocenters. The van der Waals surface area contributed by atoms with Crippen molar-refractivity contribution in [1.82, 2.24) is 0 Å². The van der Waals surface area contributed by atoms with E-state index in [-0.39, 0.29) is 17.9 Å². The topological polar surface area (TPSA) is 54.4 Å². The van der Waals surface area contributed by atoms with E-state index in [0.717, 1.165) is 11.1 Å². The SMILES string of the molecule is Cc1ccc(CS(=O)(=O)CCC(C)(C)O)cc1. The Hall–Kier alpha value is -0.870. The highest BCUT2D eigenvalue weighted by Gasteiger charge is 2.19. The molecule has 0 spiro atoms. The van der Waals surface area contributed by atoms with Crippen LogP contribution in [0.15, 0.2) is 24.3 Å². The molecule has 1 aromatic rings. The summed E-state index contributed by atoms with van der Waals surface area (Å²) in [5.41, 5.74) is 0.981. The third-order valence-corrected chi connectivity index (χ3v) is 4.13. The molecule has 0 aromatic heterocycles. The molecule has 17 heavy (non-hydrogen) atoms. The van der Waals surface area contributed by atoms with Crippen LogP contribution in [0.25, 0.3) is 0 Å². The van der Waals surface area contributed by atoms with E-state index in [1.54, 1.807) is 13.8 Å². The van der Waals surface area contributed by atoms with Crippen LogP contribution in [0.4, 0.5) is 0 Å². The zero-order valence-corrected chi connectivity index (χ0v) is 11.4. The fourth-order valence-electron chi connectivity index (χ4n) is 1.42. The Labute approximate surface area is 103 Å². The molecule has 0 heterocycles. The fourth-order valence-corrected chi connectivity index (χ4v) is 3.07. The van der Waals surface area contributed by atoms with E-state index < -0.39 is 15.4 Å². The van der Waals surface area contributed by atoms with Gasteiger partial charge in [-0.3, -0.25) is 0 Å². The zero-order chi connectivity index (χ0) is 13.1. The van der Waals surface area contributed by atoms with Gasteiger partial charge in [-0.25, -0.2) is 8.42 Å². The normalized spacial score (nSPS) is 12.7. The number of hydrogen-bond acceptors (Lipinski definition) is 3. The number of hydrogen-bond donors (Lipinski definition) is 1. The minimum Gasteiger partial charge on any atom is -0.390 e. The molecule has 0 amide bonds. The molecule has 0 saturated carbocycles. The van der Waals surface area contributed by atoms with Gasteiger partial charge < -0.3 is 5.11 Å². The second-order valence-electron chi connectivity index (χ2n) is 5.14. The first kappa shape index (κ1) is 14.2. The predicted octanol–water partition coefficient (Wildman–Crippen LogP) is 2.07. The zero-order valence-electron chi connectivity index (χ0n) is 10.6. The van der Waals surface area contributed by atoms with Crippen LogP contribution in [0.3, 0.4) is 0 Å². The van der Waals surface area contributed by atoms with Gasteiger partial charge in [-0.2, -0.15) is 0 Å². The highest BCUT2D eigenvalue weighted by atomic mass is 32.2. The summed E-state index contributed by atoms with van der Waals surface area (Å²) < 4.78 is 23.6. The molecule has 0 aliphatic carbocycles. The average molecular weight is 256 g/mol. The van der Waals surface area contributed by atoms with Gasteiger partial charge in [0, 0.05) is 0 Å². The van der Waals surface area contributed by atoms with Crippen molar-refractivity contribution in [1.29, 1.82) is 0 Å². The van der Waals surface area contributed by atoms with Crippen LogP contribution in [0.5, 0.6) is 0 Å². The molecule has 0 aliphatic rings. The summed E-state index contributed by atoms with van der Waals surface area (Å²) in [5.74, 6) is 0.0632. The quantitative estimate of drug-likeness (QED) is 0.877. The molecule has 0 radical (unpaired) electrons. The highest BCUT2D eigenvalue weighted by molar-refractivity contribution is 7.90. The molecule has 3 nitrogen and oxygen atoms in total. The first-order chi connectivity index (χ1) is 7.68. The maximum atomic E-state index is 11.8. The lowest BCUT2D eigenvalue weighted by molar-refractivity contribution is 0.0772. The van der Waals surface area contributed by atoms with E-state index in [1.807, 2.05) is 31.2 Å². The second-order valence-corrected chi connectivity index (χ2v) is 7.32. The molecule has 96 valence electrons. The summed E-state index contributed by atoms with van der Waals surface area (Å²) in [6, 6.07) is 7.47. The minimum atomic E-state index is -3.14. The number of aliphatic hydroxyl groups is 1. The number of aryl methyl sites for hydroxylation is 1. The Balaban J connectivity index is 2.64. The van der Waals surface area contributed by atoms with Crippen molar-refractivity contribution >= 4 is 9.84 Å². The molecular formula is C13H20O3S. The van der Waals surface area contributed by atoms with Crippen molar-refractivity contribution in [3.05, 3.63) is 35.4 Å². The highest BCUT2D eigenvalue weighted by Crippen LogP contribution is 2.13. The lowest BCUT2D eigenvalue weighted by atomic mass is 10.1. The van der Waals surface area contributed by atoms with Crippen molar-refractivity contribution in [3.8, 4) is 0 Å². The summed E-state index contributed by atoms with van der Waals surface area (Å²) >= 11 is 0. The van der Waals surface area contributed by atoms with Gasteiger partial charge in [0.1, 0.15) is 0 Å². The second kappa shape index (κ2) is 5.19. The van der Waals surface area contributed by atoms with Crippen LogP contribution in [-0.4, -0.2) is 24.9 Å². The van der Waals surface area contributed by atoms with E-state index >= 15 is 0 Å². The molecular weight excluding hydrogens is 236 g/mol. The van der Waals surface area contributed by atoms with Gasteiger partial charge in [-0.15, -0.1) is 0 Å². The molecule has 4 heteroatoms. The maximum Gasteiger partial charge on any atom is 0.154 e. The van der Waals surface area contributed by atoms with E-state index in [1.165, 1.54) is 0 Å². The van der Waals surface area contributed by atoms with Gasteiger partial charge in [-0.1, -0.05) is 29.8 Å². The van der Waals surface area contributed by atoms with Gasteiger partial charge in [0.2, 0.25) is 0 Å². The Morgan fingerprint density at radius 2 is 1.71 bits per heavy atom.